The van der Waals surface area contributed by atoms with Crippen LogP contribution < -0.4 is 10.2 Å². The van der Waals surface area contributed by atoms with E-state index in [1.807, 2.05) is 11.0 Å². The van der Waals surface area contributed by atoms with E-state index in [4.69, 9.17) is 0 Å². The molecule has 1 N–H and O–H groups in total. The summed E-state index contributed by atoms with van der Waals surface area (Å²) in [5.41, 5.74) is 2.41. The van der Waals surface area contributed by atoms with Crippen LogP contribution >= 0.6 is 0 Å². The molecule has 1 aliphatic rings. The fraction of sp³-hybridized carbons (Fsp3) is 0.611. The maximum Gasteiger partial charge on any atom is 0.244 e. The first-order chi connectivity index (χ1) is 10.2. The van der Waals surface area contributed by atoms with Gasteiger partial charge in [-0.05, 0) is 49.8 Å². The van der Waals surface area contributed by atoms with E-state index >= 15 is 0 Å². The zero-order valence-corrected chi connectivity index (χ0v) is 13.6. The second-order valence-corrected chi connectivity index (χ2v) is 6.01. The van der Waals surface area contributed by atoms with Crippen LogP contribution in [0.1, 0.15) is 57.9 Å². The average molecular weight is 288 g/mol. The first kappa shape index (κ1) is 16.0. The third-order valence-electron chi connectivity index (χ3n) is 4.45. The van der Waals surface area contributed by atoms with Crippen LogP contribution in [0.25, 0.3) is 0 Å². The molecular weight excluding hydrogens is 260 g/mol. The average Bonchev–Trinajstić information content (AvgIpc) is 2.53. The van der Waals surface area contributed by atoms with Crippen LogP contribution in [0.5, 0.6) is 0 Å². The maximum absolute atomic E-state index is 12.8. The van der Waals surface area contributed by atoms with E-state index in [0.29, 0.717) is 5.92 Å². The lowest BCUT2D eigenvalue weighted by Crippen LogP contribution is -2.51. The molecule has 2 atom stereocenters. The van der Waals surface area contributed by atoms with Crippen LogP contribution in [0.15, 0.2) is 24.3 Å². The Balaban J connectivity index is 2.22. The summed E-state index contributed by atoms with van der Waals surface area (Å²) >= 11 is 0. The van der Waals surface area contributed by atoms with Gasteiger partial charge >= 0.3 is 0 Å². The molecule has 1 aliphatic heterocycles. The summed E-state index contributed by atoms with van der Waals surface area (Å²) < 4.78 is 0. The number of piperidine rings is 1. The second-order valence-electron chi connectivity index (χ2n) is 6.01. The molecule has 1 saturated heterocycles. The molecule has 21 heavy (non-hydrogen) atoms. The Morgan fingerprint density at radius 2 is 2.10 bits per heavy atom. The van der Waals surface area contributed by atoms with Crippen LogP contribution in [-0.2, 0) is 4.79 Å². The minimum Gasteiger partial charge on any atom is -0.311 e. The zero-order chi connectivity index (χ0) is 15.2. The normalized spacial score (nSPS) is 20.6. The quantitative estimate of drug-likeness (QED) is 0.865. The highest BCUT2D eigenvalue weighted by molar-refractivity contribution is 5.98. The number of amides is 1. The SMILES string of the molecule is CCCNC1CCCN(c2ccccc2C(C)CC)C1=O. The highest BCUT2D eigenvalue weighted by Gasteiger charge is 2.30. The first-order valence-electron chi connectivity index (χ1n) is 8.32. The van der Waals surface area contributed by atoms with Crippen molar-refractivity contribution in [2.75, 3.05) is 18.0 Å². The van der Waals surface area contributed by atoms with Crippen LogP contribution in [0.3, 0.4) is 0 Å². The van der Waals surface area contributed by atoms with Crippen molar-refractivity contribution < 1.29 is 4.79 Å². The Morgan fingerprint density at radius 1 is 1.33 bits per heavy atom. The second kappa shape index (κ2) is 7.60. The number of nitrogens with one attached hydrogen (secondary N) is 1. The van der Waals surface area contributed by atoms with E-state index in [1.54, 1.807) is 0 Å². The van der Waals surface area contributed by atoms with Gasteiger partial charge in [0, 0.05) is 12.2 Å². The number of hydrogen-bond acceptors (Lipinski definition) is 2. The fourth-order valence-corrected chi connectivity index (χ4v) is 2.99. The fourth-order valence-electron chi connectivity index (χ4n) is 2.99. The van der Waals surface area contributed by atoms with E-state index in [9.17, 15) is 4.79 Å². The van der Waals surface area contributed by atoms with Gasteiger partial charge in [-0.1, -0.05) is 39.0 Å². The monoisotopic (exact) mass is 288 g/mol. The molecule has 1 fully saturated rings. The zero-order valence-electron chi connectivity index (χ0n) is 13.6. The largest absolute Gasteiger partial charge is 0.311 e. The summed E-state index contributed by atoms with van der Waals surface area (Å²) in [6.07, 6.45) is 4.19. The van der Waals surface area contributed by atoms with Crippen LogP contribution in [0, 0.1) is 0 Å². The van der Waals surface area contributed by atoms with Gasteiger partial charge in [-0.15, -0.1) is 0 Å². The Hall–Kier alpha value is -1.35. The molecule has 0 spiro atoms. The lowest BCUT2D eigenvalue weighted by Gasteiger charge is -2.34. The Bertz CT molecular complexity index is 472. The van der Waals surface area contributed by atoms with Crippen molar-refractivity contribution in [3.63, 3.8) is 0 Å². The van der Waals surface area contributed by atoms with Crippen LogP contribution in [0.2, 0.25) is 0 Å². The minimum atomic E-state index is -0.0105. The molecule has 1 aromatic carbocycles. The number of para-hydroxylation sites is 1. The summed E-state index contributed by atoms with van der Waals surface area (Å²) in [5, 5.41) is 3.39. The lowest BCUT2D eigenvalue weighted by atomic mass is 9.94. The van der Waals surface area contributed by atoms with Gasteiger partial charge in [0.25, 0.3) is 0 Å². The van der Waals surface area contributed by atoms with Crippen molar-refractivity contribution in [2.24, 2.45) is 0 Å². The molecule has 1 heterocycles. The van der Waals surface area contributed by atoms with Crippen molar-refractivity contribution in [3.05, 3.63) is 29.8 Å². The maximum atomic E-state index is 12.8. The number of carbonyl (C=O) groups excluding carboxylic acids is 1. The van der Waals surface area contributed by atoms with E-state index in [-0.39, 0.29) is 11.9 Å². The molecule has 2 rings (SSSR count). The number of rotatable bonds is 6. The molecule has 0 aromatic heterocycles. The van der Waals surface area contributed by atoms with Crippen molar-refractivity contribution in [2.45, 2.75) is 58.4 Å². The number of benzene rings is 1. The van der Waals surface area contributed by atoms with Gasteiger partial charge in [0.15, 0.2) is 0 Å². The number of anilines is 1. The molecule has 0 aliphatic carbocycles. The smallest absolute Gasteiger partial charge is 0.244 e. The predicted molar refractivity (Wildman–Crippen MR) is 88.8 cm³/mol. The number of hydrogen-bond donors (Lipinski definition) is 1. The summed E-state index contributed by atoms with van der Waals surface area (Å²) in [7, 11) is 0. The third-order valence-corrected chi connectivity index (χ3v) is 4.45. The van der Waals surface area contributed by atoms with Crippen molar-refractivity contribution >= 4 is 11.6 Å². The van der Waals surface area contributed by atoms with Gasteiger partial charge in [0.05, 0.1) is 6.04 Å². The number of carbonyl (C=O) groups is 1. The predicted octanol–water partition coefficient (Wildman–Crippen LogP) is 3.70. The van der Waals surface area contributed by atoms with Gasteiger partial charge in [0.2, 0.25) is 5.91 Å². The van der Waals surface area contributed by atoms with E-state index in [2.05, 4.69) is 44.3 Å². The molecule has 0 radical (unpaired) electrons. The summed E-state index contributed by atoms with van der Waals surface area (Å²) in [4.78, 5) is 14.8. The van der Waals surface area contributed by atoms with Gasteiger partial charge < -0.3 is 10.2 Å². The Kier molecular flexibility index (Phi) is 5.80. The van der Waals surface area contributed by atoms with Crippen LogP contribution in [0.4, 0.5) is 5.69 Å². The molecule has 0 saturated carbocycles. The minimum absolute atomic E-state index is 0.0105. The molecule has 2 unspecified atom stereocenters. The number of nitrogens with zero attached hydrogens (tertiary/aromatic N) is 1. The molecule has 1 aromatic rings. The highest BCUT2D eigenvalue weighted by Crippen LogP contribution is 2.31. The van der Waals surface area contributed by atoms with Crippen LogP contribution in [-0.4, -0.2) is 25.0 Å². The molecular formula is C18H28N2O. The molecule has 116 valence electrons. The standard InChI is InChI=1S/C18H28N2O/c1-4-12-19-16-10-8-13-20(18(16)21)17-11-7-6-9-15(17)14(3)5-2/h6-7,9,11,14,16,19H,4-5,8,10,12-13H2,1-3H3. The Labute approximate surface area is 128 Å². The van der Waals surface area contributed by atoms with Crippen molar-refractivity contribution in [3.8, 4) is 0 Å². The van der Waals surface area contributed by atoms with E-state index < -0.39 is 0 Å². The van der Waals surface area contributed by atoms with E-state index in [0.717, 1.165) is 44.5 Å². The van der Waals surface area contributed by atoms with Crippen molar-refractivity contribution in [1.29, 1.82) is 0 Å². The summed E-state index contributed by atoms with van der Waals surface area (Å²) in [6, 6.07) is 8.37. The summed E-state index contributed by atoms with van der Waals surface area (Å²) in [6.45, 7) is 8.33. The van der Waals surface area contributed by atoms with E-state index in [1.165, 1.54) is 5.56 Å². The Morgan fingerprint density at radius 3 is 2.81 bits per heavy atom. The van der Waals surface area contributed by atoms with Crippen molar-refractivity contribution in [1.82, 2.24) is 5.32 Å². The van der Waals surface area contributed by atoms with Gasteiger partial charge in [-0.2, -0.15) is 0 Å². The third kappa shape index (κ3) is 3.65. The van der Waals surface area contributed by atoms with Gasteiger partial charge in [0.1, 0.15) is 0 Å². The highest BCUT2D eigenvalue weighted by atomic mass is 16.2. The summed E-state index contributed by atoms with van der Waals surface area (Å²) in [5.74, 6) is 0.725. The first-order valence-corrected chi connectivity index (χ1v) is 8.32. The topological polar surface area (TPSA) is 32.3 Å². The van der Waals surface area contributed by atoms with Gasteiger partial charge in [-0.3, -0.25) is 4.79 Å². The molecule has 3 nitrogen and oxygen atoms in total. The lowest BCUT2D eigenvalue weighted by molar-refractivity contribution is -0.121. The molecule has 1 amide bonds. The molecule has 0 bridgehead atoms. The molecule has 3 heteroatoms. The van der Waals surface area contributed by atoms with Gasteiger partial charge in [-0.25, -0.2) is 0 Å².